The summed E-state index contributed by atoms with van der Waals surface area (Å²) in [5, 5.41) is 6.50. The molecular formula is C12H14ClF3N2. The van der Waals surface area contributed by atoms with Crippen molar-refractivity contribution in [3.05, 3.63) is 28.8 Å². The van der Waals surface area contributed by atoms with E-state index in [9.17, 15) is 13.2 Å². The van der Waals surface area contributed by atoms with Gasteiger partial charge in [-0.25, -0.2) is 0 Å². The second-order valence-electron chi connectivity index (χ2n) is 4.38. The molecule has 1 atom stereocenters. The molecule has 6 heteroatoms. The summed E-state index contributed by atoms with van der Waals surface area (Å²) in [6.07, 6.45) is -2.31. The highest BCUT2D eigenvalue weighted by molar-refractivity contribution is 6.33. The Hall–Kier alpha value is -0.940. The Morgan fingerprint density at radius 2 is 2.11 bits per heavy atom. The lowest BCUT2D eigenvalue weighted by Crippen LogP contribution is -2.38. The number of halogens is 4. The van der Waals surface area contributed by atoms with Crippen molar-refractivity contribution in [2.45, 2.75) is 25.1 Å². The molecule has 2 nitrogen and oxygen atoms in total. The first-order chi connectivity index (χ1) is 8.47. The summed E-state index contributed by atoms with van der Waals surface area (Å²) in [7, 11) is 0. The van der Waals surface area contributed by atoms with Gasteiger partial charge in [0.1, 0.15) is 0 Å². The first kappa shape index (κ1) is 13.5. The van der Waals surface area contributed by atoms with Crippen molar-refractivity contribution in [3.63, 3.8) is 0 Å². The van der Waals surface area contributed by atoms with E-state index in [0.717, 1.165) is 38.1 Å². The molecule has 1 aliphatic rings. The topological polar surface area (TPSA) is 24.1 Å². The van der Waals surface area contributed by atoms with Gasteiger partial charge in [-0.15, -0.1) is 0 Å². The summed E-state index contributed by atoms with van der Waals surface area (Å²) in [6.45, 7) is 1.79. The molecule has 2 rings (SSSR count). The Morgan fingerprint density at radius 1 is 1.33 bits per heavy atom. The maximum Gasteiger partial charge on any atom is 0.416 e. The van der Waals surface area contributed by atoms with Crippen LogP contribution in [0.3, 0.4) is 0 Å². The van der Waals surface area contributed by atoms with Crippen LogP contribution in [0, 0.1) is 0 Å². The first-order valence-electron chi connectivity index (χ1n) is 5.81. The second-order valence-corrected chi connectivity index (χ2v) is 4.79. The number of nitrogens with one attached hydrogen (secondary N) is 2. The maximum absolute atomic E-state index is 12.5. The summed E-state index contributed by atoms with van der Waals surface area (Å²) in [4.78, 5) is 0. The van der Waals surface area contributed by atoms with Gasteiger partial charge in [0.25, 0.3) is 0 Å². The molecule has 0 aromatic heterocycles. The number of hydrogen-bond acceptors (Lipinski definition) is 2. The van der Waals surface area contributed by atoms with Crippen LogP contribution in [-0.2, 0) is 6.18 Å². The predicted molar refractivity (Wildman–Crippen MR) is 66.0 cm³/mol. The Labute approximate surface area is 109 Å². The van der Waals surface area contributed by atoms with Gasteiger partial charge in [0, 0.05) is 12.6 Å². The lowest BCUT2D eigenvalue weighted by molar-refractivity contribution is -0.137. The predicted octanol–water partition coefficient (Wildman–Crippen LogP) is 3.52. The molecule has 0 amide bonds. The van der Waals surface area contributed by atoms with Crippen LogP contribution in [0.2, 0.25) is 5.02 Å². The minimum Gasteiger partial charge on any atom is -0.380 e. The monoisotopic (exact) mass is 278 g/mol. The molecule has 1 aromatic rings. The van der Waals surface area contributed by atoms with Crippen LogP contribution in [0.1, 0.15) is 18.4 Å². The minimum atomic E-state index is -4.35. The van der Waals surface area contributed by atoms with Crippen molar-refractivity contribution in [2.75, 3.05) is 18.4 Å². The van der Waals surface area contributed by atoms with Gasteiger partial charge in [-0.05, 0) is 37.6 Å². The molecule has 0 bridgehead atoms. The maximum atomic E-state index is 12.5. The van der Waals surface area contributed by atoms with Crippen LogP contribution in [0.4, 0.5) is 18.9 Å². The van der Waals surface area contributed by atoms with E-state index >= 15 is 0 Å². The van der Waals surface area contributed by atoms with E-state index in [0.29, 0.717) is 5.69 Å². The van der Waals surface area contributed by atoms with E-state index in [4.69, 9.17) is 11.6 Å². The standard InChI is InChI=1S/C12H14ClF3N2/c13-10-6-8(12(14,15)16)3-4-11(10)18-9-2-1-5-17-7-9/h3-4,6,9,17-18H,1-2,5,7H2. The average molecular weight is 279 g/mol. The summed E-state index contributed by atoms with van der Waals surface area (Å²) in [5.74, 6) is 0. The molecule has 2 N–H and O–H groups in total. The highest BCUT2D eigenvalue weighted by Crippen LogP contribution is 2.34. The molecule has 18 heavy (non-hydrogen) atoms. The van der Waals surface area contributed by atoms with Gasteiger partial charge in [0.05, 0.1) is 16.3 Å². The lowest BCUT2D eigenvalue weighted by Gasteiger charge is -2.25. The van der Waals surface area contributed by atoms with E-state index < -0.39 is 11.7 Å². The van der Waals surface area contributed by atoms with Crippen LogP contribution < -0.4 is 10.6 Å². The van der Waals surface area contributed by atoms with Crippen molar-refractivity contribution < 1.29 is 13.2 Å². The summed E-state index contributed by atoms with van der Waals surface area (Å²) in [6, 6.07) is 3.61. The van der Waals surface area contributed by atoms with Gasteiger partial charge in [-0.3, -0.25) is 0 Å². The third kappa shape index (κ3) is 3.29. The quantitative estimate of drug-likeness (QED) is 0.865. The third-order valence-electron chi connectivity index (χ3n) is 2.95. The smallest absolute Gasteiger partial charge is 0.380 e. The zero-order valence-corrected chi connectivity index (χ0v) is 10.4. The third-order valence-corrected chi connectivity index (χ3v) is 3.27. The Morgan fingerprint density at radius 3 is 2.67 bits per heavy atom. The van der Waals surface area contributed by atoms with Crippen LogP contribution in [0.5, 0.6) is 0 Å². The highest BCUT2D eigenvalue weighted by Gasteiger charge is 2.31. The van der Waals surface area contributed by atoms with Crippen molar-refractivity contribution in [1.82, 2.24) is 5.32 Å². The van der Waals surface area contributed by atoms with Crippen LogP contribution in [0.15, 0.2) is 18.2 Å². The van der Waals surface area contributed by atoms with Crippen LogP contribution in [-0.4, -0.2) is 19.1 Å². The summed E-state index contributed by atoms with van der Waals surface area (Å²) in [5.41, 5.74) is -0.168. The van der Waals surface area contributed by atoms with Gasteiger partial charge >= 0.3 is 6.18 Å². The Balaban J connectivity index is 2.09. The lowest BCUT2D eigenvalue weighted by atomic mass is 10.1. The normalized spacial score (nSPS) is 20.8. The molecule has 1 unspecified atom stereocenters. The molecule has 1 fully saturated rings. The van der Waals surface area contributed by atoms with E-state index in [1.54, 1.807) is 0 Å². The number of rotatable bonds is 2. The number of alkyl halides is 3. The molecule has 1 heterocycles. The van der Waals surface area contributed by atoms with Gasteiger partial charge in [-0.2, -0.15) is 13.2 Å². The van der Waals surface area contributed by atoms with E-state index in [2.05, 4.69) is 10.6 Å². The SMILES string of the molecule is FC(F)(F)c1ccc(NC2CCCNC2)c(Cl)c1. The fraction of sp³-hybridized carbons (Fsp3) is 0.500. The first-order valence-corrected chi connectivity index (χ1v) is 6.18. The summed E-state index contributed by atoms with van der Waals surface area (Å²) < 4.78 is 37.4. The van der Waals surface area contributed by atoms with E-state index in [1.165, 1.54) is 6.07 Å². The van der Waals surface area contributed by atoms with Gasteiger partial charge in [0.2, 0.25) is 0 Å². The van der Waals surface area contributed by atoms with Crippen LogP contribution >= 0.6 is 11.6 Å². The van der Waals surface area contributed by atoms with E-state index in [1.807, 2.05) is 0 Å². The fourth-order valence-corrected chi connectivity index (χ4v) is 2.24. The van der Waals surface area contributed by atoms with Crippen molar-refractivity contribution >= 4 is 17.3 Å². The van der Waals surface area contributed by atoms with Crippen LogP contribution in [0.25, 0.3) is 0 Å². The molecule has 1 aliphatic heterocycles. The highest BCUT2D eigenvalue weighted by atomic mass is 35.5. The molecule has 0 spiro atoms. The van der Waals surface area contributed by atoms with Crippen molar-refractivity contribution in [2.24, 2.45) is 0 Å². The van der Waals surface area contributed by atoms with Gasteiger partial charge in [0.15, 0.2) is 0 Å². The Kier molecular flexibility index (Phi) is 4.02. The fourth-order valence-electron chi connectivity index (χ4n) is 2.00. The van der Waals surface area contributed by atoms with Gasteiger partial charge < -0.3 is 10.6 Å². The van der Waals surface area contributed by atoms with Crippen molar-refractivity contribution in [1.29, 1.82) is 0 Å². The largest absolute Gasteiger partial charge is 0.416 e. The van der Waals surface area contributed by atoms with E-state index in [-0.39, 0.29) is 11.1 Å². The average Bonchev–Trinajstić information content (AvgIpc) is 2.32. The number of piperidine rings is 1. The second kappa shape index (κ2) is 5.36. The van der Waals surface area contributed by atoms with Crippen molar-refractivity contribution in [3.8, 4) is 0 Å². The molecule has 0 aliphatic carbocycles. The summed E-state index contributed by atoms with van der Waals surface area (Å²) >= 11 is 5.87. The zero-order valence-electron chi connectivity index (χ0n) is 9.65. The number of hydrogen-bond donors (Lipinski definition) is 2. The number of benzene rings is 1. The molecular weight excluding hydrogens is 265 g/mol. The molecule has 1 aromatic carbocycles. The molecule has 100 valence electrons. The molecule has 0 saturated carbocycles. The number of anilines is 1. The molecule has 1 saturated heterocycles. The molecule has 0 radical (unpaired) electrons. The zero-order chi connectivity index (χ0) is 13.2. The van der Waals surface area contributed by atoms with Gasteiger partial charge in [-0.1, -0.05) is 11.6 Å². The minimum absolute atomic E-state index is 0.107. The Bertz CT molecular complexity index is 414.